The molecule has 6 heteroatoms. The van der Waals surface area contributed by atoms with Crippen molar-refractivity contribution < 1.29 is 9.84 Å². The molecule has 2 aromatic carbocycles. The number of nitrogens with zero attached hydrogens (tertiary/aromatic N) is 2. The summed E-state index contributed by atoms with van der Waals surface area (Å²) in [5.74, 6) is 0.687. The second-order valence-electron chi connectivity index (χ2n) is 5.83. The highest BCUT2D eigenvalue weighted by Crippen LogP contribution is 2.15. The van der Waals surface area contributed by atoms with Gasteiger partial charge in [-0.15, -0.1) is 0 Å². The van der Waals surface area contributed by atoms with Crippen LogP contribution in [0.1, 0.15) is 12.5 Å². The number of fused-ring (bicyclic) bond motifs is 1. The standard InChI is InChI=1S/C19H19ClN2O3/c1-2-13-3-6-16(7-4-13)25-11-15(23)10-22-12-21-18-8-5-14(20)9-17(18)19(22)24/h3-9,12,15,23H,2,10-11H2,1H3/t15-/m1/s1. The summed E-state index contributed by atoms with van der Waals surface area (Å²) in [5.41, 5.74) is 1.56. The van der Waals surface area contributed by atoms with Gasteiger partial charge in [-0.2, -0.15) is 0 Å². The van der Waals surface area contributed by atoms with E-state index in [9.17, 15) is 9.90 Å². The van der Waals surface area contributed by atoms with Crippen molar-refractivity contribution in [3.05, 3.63) is 69.7 Å². The quantitative estimate of drug-likeness (QED) is 0.735. The Hall–Kier alpha value is -2.37. The Balaban J connectivity index is 1.68. The van der Waals surface area contributed by atoms with Gasteiger partial charge in [0.05, 0.1) is 23.8 Å². The second kappa shape index (κ2) is 7.68. The molecule has 0 saturated carbocycles. The Bertz CT molecular complexity index is 922. The van der Waals surface area contributed by atoms with Crippen molar-refractivity contribution in [1.29, 1.82) is 0 Å². The molecule has 0 bridgehead atoms. The predicted octanol–water partition coefficient (Wildman–Crippen LogP) is 3.05. The molecular formula is C19H19ClN2O3. The molecular weight excluding hydrogens is 340 g/mol. The third kappa shape index (κ3) is 4.18. The van der Waals surface area contributed by atoms with E-state index in [1.54, 1.807) is 18.2 Å². The van der Waals surface area contributed by atoms with E-state index < -0.39 is 6.10 Å². The zero-order valence-corrected chi connectivity index (χ0v) is 14.6. The van der Waals surface area contributed by atoms with Gasteiger partial charge in [-0.25, -0.2) is 4.98 Å². The van der Waals surface area contributed by atoms with E-state index in [4.69, 9.17) is 16.3 Å². The maximum absolute atomic E-state index is 12.5. The lowest BCUT2D eigenvalue weighted by atomic mass is 10.2. The molecule has 0 spiro atoms. The number of aryl methyl sites for hydroxylation is 1. The molecule has 0 aliphatic carbocycles. The van der Waals surface area contributed by atoms with Crippen molar-refractivity contribution >= 4 is 22.5 Å². The molecule has 3 rings (SSSR count). The minimum absolute atomic E-state index is 0.0888. The SMILES string of the molecule is CCc1ccc(OC[C@H](O)Cn2cnc3ccc(Cl)cc3c2=O)cc1. The van der Waals surface area contributed by atoms with Gasteiger partial charge in [0.15, 0.2) is 0 Å². The summed E-state index contributed by atoms with van der Waals surface area (Å²) in [6.07, 6.45) is 1.56. The number of aromatic nitrogens is 2. The van der Waals surface area contributed by atoms with Crippen LogP contribution in [0, 0.1) is 0 Å². The molecule has 5 nitrogen and oxygen atoms in total. The summed E-state index contributed by atoms with van der Waals surface area (Å²) >= 11 is 5.94. The average molecular weight is 359 g/mol. The first-order valence-corrected chi connectivity index (χ1v) is 8.49. The topological polar surface area (TPSA) is 64.3 Å². The molecule has 130 valence electrons. The van der Waals surface area contributed by atoms with Gasteiger partial charge in [-0.1, -0.05) is 30.7 Å². The molecule has 3 aromatic rings. The highest BCUT2D eigenvalue weighted by atomic mass is 35.5. The summed E-state index contributed by atoms with van der Waals surface area (Å²) < 4.78 is 6.95. The summed E-state index contributed by atoms with van der Waals surface area (Å²) in [5, 5.41) is 11.1. The fraction of sp³-hybridized carbons (Fsp3) is 0.263. The van der Waals surface area contributed by atoms with Crippen molar-refractivity contribution in [3.63, 3.8) is 0 Å². The molecule has 0 saturated heterocycles. The van der Waals surface area contributed by atoms with E-state index in [-0.39, 0.29) is 18.7 Å². The molecule has 0 aliphatic heterocycles. The molecule has 0 amide bonds. The smallest absolute Gasteiger partial charge is 0.261 e. The van der Waals surface area contributed by atoms with Gasteiger partial charge < -0.3 is 9.84 Å². The summed E-state index contributed by atoms with van der Waals surface area (Å²) in [6.45, 7) is 2.27. The van der Waals surface area contributed by atoms with Crippen LogP contribution in [0.4, 0.5) is 0 Å². The molecule has 0 fully saturated rings. The van der Waals surface area contributed by atoms with Crippen molar-refractivity contribution in [1.82, 2.24) is 9.55 Å². The third-order valence-electron chi connectivity index (χ3n) is 3.97. The zero-order valence-electron chi connectivity index (χ0n) is 13.9. The van der Waals surface area contributed by atoms with E-state index >= 15 is 0 Å². The molecule has 1 heterocycles. The number of halogens is 1. The van der Waals surface area contributed by atoms with Gasteiger partial charge in [0.2, 0.25) is 0 Å². The van der Waals surface area contributed by atoms with Gasteiger partial charge in [0.25, 0.3) is 5.56 Å². The number of aliphatic hydroxyl groups is 1. The Morgan fingerprint density at radius 2 is 2.00 bits per heavy atom. The maximum Gasteiger partial charge on any atom is 0.261 e. The van der Waals surface area contributed by atoms with E-state index in [1.165, 1.54) is 16.5 Å². The van der Waals surface area contributed by atoms with E-state index in [0.29, 0.717) is 21.7 Å². The average Bonchev–Trinajstić information content (AvgIpc) is 2.63. The highest BCUT2D eigenvalue weighted by Gasteiger charge is 2.10. The Kier molecular flexibility index (Phi) is 5.36. The van der Waals surface area contributed by atoms with Crippen molar-refractivity contribution in [2.75, 3.05) is 6.61 Å². The van der Waals surface area contributed by atoms with E-state index in [2.05, 4.69) is 11.9 Å². The van der Waals surface area contributed by atoms with Crippen molar-refractivity contribution in [3.8, 4) is 5.75 Å². The van der Waals surface area contributed by atoms with Crippen LogP contribution in [0.5, 0.6) is 5.75 Å². The monoisotopic (exact) mass is 358 g/mol. The van der Waals surface area contributed by atoms with Gasteiger partial charge in [-0.05, 0) is 42.3 Å². The van der Waals surface area contributed by atoms with Crippen LogP contribution in [0.2, 0.25) is 5.02 Å². The number of hydrogen-bond acceptors (Lipinski definition) is 4. The number of aliphatic hydroxyl groups excluding tert-OH is 1. The Morgan fingerprint density at radius 3 is 2.72 bits per heavy atom. The predicted molar refractivity (Wildman–Crippen MR) is 98.3 cm³/mol. The number of rotatable bonds is 6. The first-order chi connectivity index (χ1) is 12.1. The lowest BCUT2D eigenvalue weighted by molar-refractivity contribution is 0.0915. The van der Waals surface area contributed by atoms with Gasteiger partial charge in [0, 0.05) is 5.02 Å². The molecule has 1 aromatic heterocycles. The minimum Gasteiger partial charge on any atom is -0.491 e. The van der Waals surface area contributed by atoms with E-state index in [0.717, 1.165) is 6.42 Å². The van der Waals surface area contributed by atoms with Gasteiger partial charge in [0.1, 0.15) is 18.5 Å². The van der Waals surface area contributed by atoms with Crippen molar-refractivity contribution in [2.24, 2.45) is 0 Å². The number of ether oxygens (including phenoxy) is 1. The van der Waals surface area contributed by atoms with Gasteiger partial charge >= 0.3 is 0 Å². The minimum atomic E-state index is -0.831. The van der Waals surface area contributed by atoms with Gasteiger partial charge in [-0.3, -0.25) is 9.36 Å². The zero-order chi connectivity index (χ0) is 17.8. The van der Waals surface area contributed by atoms with Crippen LogP contribution in [0.25, 0.3) is 10.9 Å². The van der Waals surface area contributed by atoms with Crippen LogP contribution in [-0.2, 0) is 13.0 Å². The van der Waals surface area contributed by atoms with Crippen LogP contribution in [-0.4, -0.2) is 27.4 Å². The highest BCUT2D eigenvalue weighted by molar-refractivity contribution is 6.31. The molecule has 0 unspecified atom stereocenters. The Labute approximate surface area is 150 Å². The molecule has 0 radical (unpaired) electrons. The molecule has 1 atom stereocenters. The van der Waals surface area contributed by atoms with Crippen molar-refractivity contribution in [2.45, 2.75) is 26.0 Å². The second-order valence-corrected chi connectivity index (χ2v) is 6.26. The van der Waals surface area contributed by atoms with Crippen LogP contribution in [0.15, 0.2) is 53.6 Å². The normalized spacial score (nSPS) is 12.3. The number of benzene rings is 2. The lowest BCUT2D eigenvalue weighted by Gasteiger charge is -2.14. The fourth-order valence-corrected chi connectivity index (χ4v) is 2.73. The largest absolute Gasteiger partial charge is 0.491 e. The van der Waals surface area contributed by atoms with Crippen LogP contribution < -0.4 is 10.3 Å². The lowest BCUT2D eigenvalue weighted by Crippen LogP contribution is -2.30. The maximum atomic E-state index is 12.5. The number of hydrogen-bond donors (Lipinski definition) is 1. The summed E-state index contributed by atoms with van der Waals surface area (Å²) in [6, 6.07) is 12.7. The Morgan fingerprint density at radius 1 is 1.24 bits per heavy atom. The summed E-state index contributed by atoms with van der Waals surface area (Å²) in [7, 11) is 0. The molecule has 1 N–H and O–H groups in total. The fourth-order valence-electron chi connectivity index (χ4n) is 2.55. The molecule has 25 heavy (non-hydrogen) atoms. The van der Waals surface area contributed by atoms with Crippen LogP contribution in [0.3, 0.4) is 0 Å². The first kappa shape index (κ1) is 17.5. The third-order valence-corrected chi connectivity index (χ3v) is 4.20. The van der Waals surface area contributed by atoms with Crippen LogP contribution >= 0.6 is 11.6 Å². The first-order valence-electron chi connectivity index (χ1n) is 8.11. The van der Waals surface area contributed by atoms with E-state index in [1.807, 2.05) is 24.3 Å². The molecule has 0 aliphatic rings. The summed E-state index contributed by atoms with van der Waals surface area (Å²) in [4.78, 5) is 16.7.